The summed E-state index contributed by atoms with van der Waals surface area (Å²) < 4.78 is 38.6. The molecule has 0 spiro atoms. The van der Waals surface area contributed by atoms with Gasteiger partial charge in [-0.3, -0.25) is 0 Å². The second-order valence-corrected chi connectivity index (χ2v) is 6.58. The van der Waals surface area contributed by atoms with Crippen LogP contribution in [0.3, 0.4) is 0 Å². The van der Waals surface area contributed by atoms with Crippen LogP contribution in [0.5, 0.6) is 0 Å². The third kappa shape index (κ3) is 3.85. The molecule has 2 heterocycles. The van der Waals surface area contributed by atoms with Gasteiger partial charge in [0.2, 0.25) is 0 Å². The molecule has 27 heavy (non-hydrogen) atoms. The molecule has 0 unspecified atom stereocenters. The SMILES string of the molecule is FC(F)(F)c1ccc(-c2nc(Cc3ccccc3)nc3c2CNCC3)cc1. The molecule has 0 radical (unpaired) electrons. The van der Waals surface area contributed by atoms with Crippen molar-refractivity contribution in [2.24, 2.45) is 0 Å². The minimum Gasteiger partial charge on any atom is -0.312 e. The highest BCUT2D eigenvalue weighted by Crippen LogP contribution is 2.32. The lowest BCUT2D eigenvalue weighted by Gasteiger charge is -2.20. The van der Waals surface area contributed by atoms with E-state index in [0.29, 0.717) is 30.0 Å². The zero-order chi connectivity index (χ0) is 18.9. The topological polar surface area (TPSA) is 37.8 Å². The highest BCUT2D eigenvalue weighted by atomic mass is 19.4. The van der Waals surface area contributed by atoms with Gasteiger partial charge in [0.05, 0.1) is 17.0 Å². The summed E-state index contributed by atoms with van der Waals surface area (Å²) in [7, 11) is 0. The quantitative estimate of drug-likeness (QED) is 0.744. The van der Waals surface area contributed by atoms with Crippen LogP contribution in [0.2, 0.25) is 0 Å². The van der Waals surface area contributed by atoms with E-state index in [9.17, 15) is 13.2 Å². The Morgan fingerprint density at radius 3 is 2.37 bits per heavy atom. The molecule has 3 aromatic rings. The van der Waals surface area contributed by atoms with Gasteiger partial charge in [-0.05, 0) is 17.7 Å². The summed E-state index contributed by atoms with van der Waals surface area (Å²) in [4.78, 5) is 9.43. The minimum atomic E-state index is -4.34. The van der Waals surface area contributed by atoms with Crippen molar-refractivity contribution in [1.29, 1.82) is 0 Å². The molecule has 1 aliphatic heterocycles. The van der Waals surface area contributed by atoms with Crippen molar-refractivity contribution < 1.29 is 13.2 Å². The molecule has 1 N–H and O–H groups in total. The standard InChI is InChI=1S/C21H18F3N3/c22-21(23,24)16-8-6-15(7-9-16)20-17-13-25-11-10-18(17)26-19(27-20)12-14-4-2-1-3-5-14/h1-9,25H,10-13H2. The Morgan fingerprint density at radius 1 is 0.926 bits per heavy atom. The predicted octanol–water partition coefficient (Wildman–Crippen LogP) is 4.40. The summed E-state index contributed by atoms with van der Waals surface area (Å²) in [5.41, 5.74) is 3.79. The number of nitrogens with one attached hydrogen (secondary N) is 1. The zero-order valence-corrected chi connectivity index (χ0v) is 14.6. The van der Waals surface area contributed by atoms with Gasteiger partial charge in [-0.15, -0.1) is 0 Å². The maximum absolute atomic E-state index is 12.9. The molecular formula is C21H18F3N3. The maximum atomic E-state index is 12.9. The van der Waals surface area contributed by atoms with Crippen LogP contribution < -0.4 is 5.32 Å². The minimum absolute atomic E-state index is 0.592. The van der Waals surface area contributed by atoms with Gasteiger partial charge in [0.1, 0.15) is 5.82 Å². The zero-order valence-electron chi connectivity index (χ0n) is 14.6. The Morgan fingerprint density at radius 2 is 1.67 bits per heavy atom. The molecule has 3 nitrogen and oxygen atoms in total. The molecule has 138 valence electrons. The second kappa shape index (κ2) is 7.12. The van der Waals surface area contributed by atoms with Crippen molar-refractivity contribution in [3.8, 4) is 11.3 Å². The van der Waals surface area contributed by atoms with E-state index in [2.05, 4.69) is 5.32 Å². The molecule has 4 rings (SSSR count). The molecule has 6 heteroatoms. The predicted molar refractivity (Wildman–Crippen MR) is 97.1 cm³/mol. The Kier molecular flexibility index (Phi) is 4.66. The van der Waals surface area contributed by atoms with Crippen LogP contribution in [0.4, 0.5) is 13.2 Å². The number of fused-ring (bicyclic) bond motifs is 1. The first kappa shape index (κ1) is 17.7. The number of hydrogen-bond donors (Lipinski definition) is 1. The number of halogens is 3. The molecule has 0 bridgehead atoms. The fourth-order valence-corrected chi connectivity index (χ4v) is 3.31. The Hall–Kier alpha value is -2.73. The molecule has 0 fully saturated rings. The van der Waals surface area contributed by atoms with Gasteiger partial charge in [-0.25, -0.2) is 9.97 Å². The van der Waals surface area contributed by atoms with E-state index in [1.54, 1.807) is 0 Å². The van der Waals surface area contributed by atoms with Gasteiger partial charge >= 0.3 is 6.18 Å². The average molecular weight is 369 g/mol. The first-order valence-corrected chi connectivity index (χ1v) is 8.81. The maximum Gasteiger partial charge on any atom is 0.416 e. The number of benzene rings is 2. The number of hydrogen-bond acceptors (Lipinski definition) is 3. The molecule has 2 aromatic carbocycles. The van der Waals surface area contributed by atoms with Crippen LogP contribution in [-0.2, 0) is 25.6 Å². The van der Waals surface area contributed by atoms with Crippen molar-refractivity contribution in [3.05, 3.63) is 82.8 Å². The van der Waals surface area contributed by atoms with Crippen LogP contribution in [0.1, 0.15) is 28.2 Å². The number of alkyl halides is 3. The molecular weight excluding hydrogens is 351 g/mol. The van der Waals surface area contributed by atoms with Crippen molar-refractivity contribution in [3.63, 3.8) is 0 Å². The smallest absolute Gasteiger partial charge is 0.312 e. The van der Waals surface area contributed by atoms with E-state index >= 15 is 0 Å². The summed E-state index contributed by atoms with van der Waals surface area (Å²) in [6.07, 6.45) is -2.97. The van der Waals surface area contributed by atoms with Crippen LogP contribution in [-0.4, -0.2) is 16.5 Å². The summed E-state index contributed by atoms with van der Waals surface area (Å²) in [5, 5.41) is 3.30. The molecule has 0 aliphatic carbocycles. The third-order valence-electron chi connectivity index (χ3n) is 4.67. The van der Waals surface area contributed by atoms with Crippen LogP contribution in [0.25, 0.3) is 11.3 Å². The monoisotopic (exact) mass is 369 g/mol. The van der Waals surface area contributed by atoms with E-state index < -0.39 is 11.7 Å². The molecule has 0 saturated heterocycles. The van der Waals surface area contributed by atoms with Crippen LogP contribution in [0.15, 0.2) is 54.6 Å². The Labute approximate surface area is 155 Å². The second-order valence-electron chi connectivity index (χ2n) is 6.58. The van der Waals surface area contributed by atoms with E-state index in [1.165, 1.54) is 12.1 Å². The summed E-state index contributed by atoms with van der Waals surface area (Å²) in [6.45, 7) is 1.46. The first-order chi connectivity index (χ1) is 13.0. The summed E-state index contributed by atoms with van der Waals surface area (Å²) in [6, 6.07) is 15.1. The lowest BCUT2D eigenvalue weighted by Crippen LogP contribution is -2.26. The third-order valence-corrected chi connectivity index (χ3v) is 4.67. The molecule has 0 saturated carbocycles. The van der Waals surface area contributed by atoms with Gasteiger partial charge in [0.25, 0.3) is 0 Å². The summed E-state index contributed by atoms with van der Waals surface area (Å²) >= 11 is 0. The van der Waals surface area contributed by atoms with Crippen molar-refractivity contribution >= 4 is 0 Å². The Bertz CT molecular complexity index is 935. The van der Waals surface area contributed by atoms with E-state index in [0.717, 1.165) is 41.9 Å². The number of nitrogens with zero attached hydrogens (tertiary/aromatic N) is 2. The Balaban J connectivity index is 1.75. The van der Waals surface area contributed by atoms with Gasteiger partial charge < -0.3 is 5.32 Å². The van der Waals surface area contributed by atoms with Gasteiger partial charge in [0, 0.05) is 37.1 Å². The van der Waals surface area contributed by atoms with Gasteiger partial charge in [-0.2, -0.15) is 13.2 Å². The number of aromatic nitrogens is 2. The van der Waals surface area contributed by atoms with Crippen molar-refractivity contribution in [2.75, 3.05) is 6.54 Å². The van der Waals surface area contributed by atoms with E-state index in [4.69, 9.17) is 9.97 Å². The van der Waals surface area contributed by atoms with E-state index in [1.807, 2.05) is 30.3 Å². The summed E-state index contributed by atoms with van der Waals surface area (Å²) in [5.74, 6) is 0.691. The highest BCUT2D eigenvalue weighted by molar-refractivity contribution is 5.65. The molecule has 0 atom stereocenters. The molecule has 1 aromatic heterocycles. The lowest BCUT2D eigenvalue weighted by atomic mass is 9.99. The van der Waals surface area contributed by atoms with Crippen molar-refractivity contribution in [2.45, 2.75) is 25.6 Å². The van der Waals surface area contributed by atoms with Crippen molar-refractivity contribution in [1.82, 2.24) is 15.3 Å². The lowest BCUT2D eigenvalue weighted by molar-refractivity contribution is -0.137. The highest BCUT2D eigenvalue weighted by Gasteiger charge is 2.30. The molecule has 0 amide bonds. The van der Waals surface area contributed by atoms with Gasteiger partial charge in [-0.1, -0.05) is 42.5 Å². The average Bonchev–Trinajstić information content (AvgIpc) is 2.68. The van der Waals surface area contributed by atoms with Crippen LogP contribution in [0, 0.1) is 0 Å². The first-order valence-electron chi connectivity index (χ1n) is 8.81. The fourth-order valence-electron chi connectivity index (χ4n) is 3.31. The van der Waals surface area contributed by atoms with Gasteiger partial charge in [0.15, 0.2) is 0 Å². The number of rotatable bonds is 3. The normalized spacial score (nSPS) is 14.0. The largest absolute Gasteiger partial charge is 0.416 e. The van der Waals surface area contributed by atoms with Crippen LogP contribution >= 0.6 is 0 Å². The molecule has 1 aliphatic rings. The fraction of sp³-hybridized carbons (Fsp3) is 0.238. The van der Waals surface area contributed by atoms with E-state index in [-0.39, 0.29) is 0 Å².